The molecule has 0 bridgehead atoms. The van der Waals surface area contributed by atoms with Gasteiger partial charge in [-0.3, -0.25) is 9.67 Å². The molecule has 5 rings (SSSR count). The van der Waals surface area contributed by atoms with Crippen LogP contribution in [-0.4, -0.2) is 30.4 Å². The lowest BCUT2D eigenvalue weighted by Gasteiger charge is -2.35. The summed E-state index contributed by atoms with van der Waals surface area (Å²) in [5.74, 6) is -2.97. The minimum atomic E-state index is -2.81. The molecule has 4 aromatic heterocycles. The number of nitrogens with zero attached hydrogens (tertiary/aromatic N) is 5. The van der Waals surface area contributed by atoms with Gasteiger partial charge in [0, 0.05) is 67.2 Å². The molecule has 4 heterocycles. The zero-order valence-electron chi connectivity index (χ0n) is 18.3. The van der Waals surface area contributed by atoms with E-state index in [-0.39, 0.29) is 0 Å². The van der Waals surface area contributed by atoms with Crippen molar-refractivity contribution in [3.8, 4) is 22.3 Å². The summed E-state index contributed by atoms with van der Waals surface area (Å²) in [4.78, 5) is 4.63. The Morgan fingerprint density at radius 2 is 2.03 bits per heavy atom. The van der Waals surface area contributed by atoms with Gasteiger partial charge in [-0.25, -0.2) is 8.78 Å². The minimum Gasteiger partial charge on any atom is -0.361 e. The molecule has 0 saturated heterocycles. The summed E-state index contributed by atoms with van der Waals surface area (Å²) in [6, 6.07) is 1.82. The third kappa shape index (κ3) is 3.03. The molecule has 0 aromatic carbocycles. The summed E-state index contributed by atoms with van der Waals surface area (Å²) < 4.78 is 52.9. The molecule has 0 atom stereocenters. The number of pyridine rings is 1. The number of aromatic nitrogens is 5. The van der Waals surface area contributed by atoms with Gasteiger partial charge in [0.05, 0.1) is 25.7 Å². The lowest BCUT2D eigenvalue weighted by Crippen LogP contribution is -2.37. The number of aryl methyl sites for hydroxylation is 3. The molecule has 8 heteroatoms. The highest BCUT2D eigenvalue weighted by Crippen LogP contribution is 2.44. The van der Waals surface area contributed by atoms with Crippen molar-refractivity contribution in [2.24, 2.45) is 13.0 Å². The highest BCUT2D eigenvalue weighted by Gasteiger charge is 2.45. The van der Waals surface area contributed by atoms with Gasteiger partial charge in [0.25, 0.3) is 0 Å². The van der Waals surface area contributed by atoms with E-state index >= 15 is 0 Å². The van der Waals surface area contributed by atoms with E-state index in [1.807, 2.05) is 19.2 Å². The standard InChI is InChI=1S/C21H21F2N5O/c1-12-19(13(2)29-26-12)15-4-18-20(24-7-15)17(16-8-25-27(3)10-16)11-28(18)9-14-5-21(22,23)6-14/h4,7-8,10-11,14H,5-6,9H2,1-3H3/i9D2. The SMILES string of the molecule is [2H]C([2H])(C1CC(F)(F)C1)n1cc(-c2cnn(C)c2)c2ncc(-c3c(C)noc3C)cc21. The Kier molecular flexibility index (Phi) is 3.41. The van der Waals surface area contributed by atoms with Crippen LogP contribution in [0.25, 0.3) is 33.3 Å². The van der Waals surface area contributed by atoms with Crippen LogP contribution in [0.5, 0.6) is 0 Å². The number of hydrogen-bond donors (Lipinski definition) is 0. The van der Waals surface area contributed by atoms with Crippen molar-refractivity contribution < 1.29 is 16.0 Å². The van der Waals surface area contributed by atoms with Crippen LogP contribution in [0.2, 0.25) is 0 Å². The molecule has 1 aliphatic rings. The zero-order chi connectivity index (χ0) is 22.1. The maximum absolute atomic E-state index is 13.5. The van der Waals surface area contributed by atoms with Crippen LogP contribution in [0.15, 0.2) is 35.4 Å². The van der Waals surface area contributed by atoms with Crippen molar-refractivity contribution in [3.63, 3.8) is 0 Å². The molecule has 0 N–H and O–H groups in total. The molecule has 0 aliphatic heterocycles. The lowest BCUT2D eigenvalue weighted by molar-refractivity contribution is -0.113. The second-order valence-corrected chi connectivity index (χ2v) is 7.70. The van der Waals surface area contributed by atoms with E-state index < -0.39 is 31.2 Å². The Morgan fingerprint density at radius 3 is 2.66 bits per heavy atom. The van der Waals surface area contributed by atoms with E-state index in [1.165, 1.54) is 4.57 Å². The molecule has 150 valence electrons. The maximum Gasteiger partial charge on any atom is 0.248 e. The first-order chi connectivity index (χ1) is 14.6. The number of hydrogen-bond acceptors (Lipinski definition) is 4. The average Bonchev–Trinajstić information content (AvgIpc) is 3.36. The maximum atomic E-state index is 13.5. The first-order valence-electron chi connectivity index (χ1n) is 10.4. The summed E-state index contributed by atoms with van der Waals surface area (Å²) in [7, 11) is 1.79. The Labute approximate surface area is 168 Å². The fraction of sp³-hybridized carbons (Fsp3) is 0.381. The van der Waals surface area contributed by atoms with Crippen molar-refractivity contribution in [1.29, 1.82) is 0 Å². The lowest BCUT2D eigenvalue weighted by atomic mass is 9.81. The molecule has 29 heavy (non-hydrogen) atoms. The molecule has 0 radical (unpaired) electrons. The number of rotatable bonds is 4. The topological polar surface area (TPSA) is 61.7 Å². The summed E-state index contributed by atoms with van der Waals surface area (Å²) in [6.45, 7) is 1.63. The predicted molar refractivity (Wildman–Crippen MR) is 105 cm³/mol. The first-order valence-corrected chi connectivity index (χ1v) is 9.38. The number of halogens is 2. The molecule has 6 nitrogen and oxygen atoms in total. The third-order valence-corrected chi connectivity index (χ3v) is 5.39. The number of alkyl halides is 2. The Hall–Kier alpha value is -3.03. The van der Waals surface area contributed by atoms with Gasteiger partial charge in [-0.15, -0.1) is 0 Å². The van der Waals surface area contributed by atoms with Crippen molar-refractivity contribution in [2.45, 2.75) is 39.1 Å². The Morgan fingerprint density at radius 1 is 1.24 bits per heavy atom. The van der Waals surface area contributed by atoms with E-state index in [0.29, 0.717) is 28.1 Å². The van der Waals surface area contributed by atoms with Crippen LogP contribution in [0, 0.1) is 19.8 Å². The quantitative estimate of drug-likeness (QED) is 0.497. The Bertz CT molecular complexity index is 1280. The predicted octanol–water partition coefficient (Wildman–Crippen LogP) is 4.75. The van der Waals surface area contributed by atoms with Crippen molar-refractivity contribution in [3.05, 3.63) is 42.3 Å². The molecule has 1 fully saturated rings. The summed E-state index contributed by atoms with van der Waals surface area (Å²) in [6.07, 6.45) is 5.90. The molecule has 0 amide bonds. The fourth-order valence-corrected chi connectivity index (χ4v) is 3.96. The molecule has 0 unspecified atom stereocenters. The third-order valence-electron chi connectivity index (χ3n) is 5.39. The van der Waals surface area contributed by atoms with Crippen LogP contribution < -0.4 is 0 Å². The van der Waals surface area contributed by atoms with Gasteiger partial charge in [-0.2, -0.15) is 5.10 Å². The van der Waals surface area contributed by atoms with Crippen LogP contribution in [0.3, 0.4) is 0 Å². The fourth-order valence-electron chi connectivity index (χ4n) is 3.96. The average molecular weight is 399 g/mol. The summed E-state index contributed by atoms with van der Waals surface area (Å²) in [5.41, 5.74) is 4.80. The van der Waals surface area contributed by atoms with Crippen LogP contribution in [0.4, 0.5) is 8.78 Å². The van der Waals surface area contributed by atoms with Gasteiger partial charge in [-0.05, 0) is 25.8 Å². The van der Waals surface area contributed by atoms with E-state index in [1.54, 1.807) is 37.2 Å². The van der Waals surface area contributed by atoms with Crippen LogP contribution in [0.1, 0.15) is 27.0 Å². The van der Waals surface area contributed by atoms with E-state index in [0.717, 1.165) is 16.7 Å². The monoisotopic (exact) mass is 399 g/mol. The molecule has 4 aromatic rings. The van der Waals surface area contributed by atoms with E-state index in [9.17, 15) is 8.78 Å². The van der Waals surface area contributed by atoms with Crippen molar-refractivity contribution in [2.75, 3.05) is 0 Å². The largest absolute Gasteiger partial charge is 0.361 e. The van der Waals surface area contributed by atoms with E-state index in [2.05, 4.69) is 15.2 Å². The van der Waals surface area contributed by atoms with E-state index in [4.69, 9.17) is 7.26 Å². The Balaban J connectivity index is 1.72. The highest BCUT2D eigenvalue weighted by atomic mass is 19.3. The van der Waals surface area contributed by atoms with Gasteiger partial charge < -0.3 is 9.09 Å². The van der Waals surface area contributed by atoms with Crippen LogP contribution in [-0.2, 0) is 13.5 Å². The van der Waals surface area contributed by atoms with Crippen molar-refractivity contribution >= 4 is 11.0 Å². The van der Waals surface area contributed by atoms with Crippen LogP contribution >= 0.6 is 0 Å². The van der Waals surface area contributed by atoms with Gasteiger partial charge in [0.2, 0.25) is 5.92 Å². The summed E-state index contributed by atoms with van der Waals surface area (Å²) >= 11 is 0. The first kappa shape index (κ1) is 15.8. The highest BCUT2D eigenvalue weighted by molar-refractivity contribution is 5.94. The second kappa shape index (κ2) is 6.23. The molecular weight excluding hydrogens is 376 g/mol. The zero-order valence-corrected chi connectivity index (χ0v) is 16.3. The molecule has 0 spiro atoms. The van der Waals surface area contributed by atoms with Gasteiger partial charge >= 0.3 is 0 Å². The molecule has 1 saturated carbocycles. The molecular formula is C21H21F2N5O. The minimum absolute atomic E-state index is 0.473. The number of fused-ring (bicyclic) bond motifs is 1. The van der Waals surface area contributed by atoms with Gasteiger partial charge in [-0.1, -0.05) is 5.16 Å². The van der Waals surface area contributed by atoms with Gasteiger partial charge in [0.15, 0.2) is 0 Å². The summed E-state index contributed by atoms with van der Waals surface area (Å²) in [5, 5.41) is 8.19. The second-order valence-electron chi connectivity index (χ2n) is 7.70. The van der Waals surface area contributed by atoms with Crippen molar-refractivity contribution in [1.82, 2.24) is 24.5 Å². The smallest absolute Gasteiger partial charge is 0.248 e. The van der Waals surface area contributed by atoms with Gasteiger partial charge in [0.1, 0.15) is 5.76 Å². The molecule has 1 aliphatic carbocycles. The normalized spacial score (nSPS) is 18.0.